The third-order valence-corrected chi connectivity index (χ3v) is 1.17. The normalized spacial score (nSPS) is 27.1. The molecule has 0 aromatic heterocycles. The molecule has 0 aromatic rings. The van der Waals surface area contributed by atoms with E-state index in [4.69, 9.17) is 11.6 Å². The minimum Gasteiger partial charge on any atom is -0.430 e. The zero-order valence-electron chi connectivity index (χ0n) is 4.09. The van der Waals surface area contributed by atoms with Gasteiger partial charge in [0, 0.05) is 0 Å². The zero-order valence-corrected chi connectivity index (χ0v) is 4.85. The molecule has 1 fully saturated rings. The second kappa shape index (κ2) is 2.22. The smallest absolute Gasteiger partial charge is 0.430 e. The Morgan fingerprint density at radius 3 is 2.88 bits per heavy atom. The quantitative estimate of drug-likeness (QED) is 0.394. The van der Waals surface area contributed by atoms with Crippen LogP contribution in [0.1, 0.15) is 0 Å². The van der Waals surface area contributed by atoms with Crippen molar-refractivity contribution >= 4 is 17.8 Å². The van der Waals surface area contributed by atoms with Crippen molar-refractivity contribution in [1.82, 2.24) is 0 Å². The largest absolute Gasteiger partial charge is 0.508 e. The molecule has 0 N–H and O–H groups in total. The summed E-state index contributed by atoms with van der Waals surface area (Å²) in [7, 11) is 0. The molecule has 46 valence electrons. The van der Waals surface area contributed by atoms with Gasteiger partial charge in [-0.3, -0.25) is 0 Å². The molecule has 1 saturated heterocycles. The lowest BCUT2D eigenvalue weighted by Crippen LogP contribution is -2.10. The molecule has 4 heteroatoms. The van der Waals surface area contributed by atoms with Crippen molar-refractivity contribution in [1.29, 1.82) is 0 Å². The van der Waals surface area contributed by atoms with Crippen LogP contribution in [0.4, 0.5) is 4.79 Å². The van der Waals surface area contributed by atoms with Crippen molar-refractivity contribution in [2.75, 3.05) is 12.5 Å². The predicted molar refractivity (Wildman–Crippen MR) is 26.9 cm³/mol. The van der Waals surface area contributed by atoms with Gasteiger partial charge in [-0.25, -0.2) is 4.79 Å². The van der Waals surface area contributed by atoms with Crippen LogP contribution < -0.4 is 0 Å². The van der Waals surface area contributed by atoms with Crippen molar-refractivity contribution in [2.45, 2.75) is 6.10 Å². The van der Waals surface area contributed by atoms with Gasteiger partial charge in [-0.2, -0.15) is 0 Å². The molecule has 0 saturated carbocycles. The summed E-state index contributed by atoms with van der Waals surface area (Å²) in [6.45, 7) is 0.294. The highest BCUT2D eigenvalue weighted by Gasteiger charge is 2.23. The summed E-state index contributed by atoms with van der Waals surface area (Å²) >= 11 is 5.32. The lowest BCUT2D eigenvalue weighted by Gasteiger charge is -1.95. The van der Waals surface area contributed by atoms with Gasteiger partial charge in [0.25, 0.3) is 0 Å². The van der Waals surface area contributed by atoms with Gasteiger partial charge in [-0.1, -0.05) is 0 Å². The van der Waals surface area contributed by atoms with Gasteiger partial charge in [0.15, 0.2) is 6.10 Å². The van der Waals surface area contributed by atoms with Crippen LogP contribution in [0.15, 0.2) is 0 Å². The molecular weight excluding hydrogens is 131 g/mol. The Labute approximate surface area is 51.5 Å². The van der Waals surface area contributed by atoms with Crippen LogP contribution in [0.25, 0.3) is 0 Å². The minimum absolute atomic E-state index is 0.232. The number of hydrogen-bond donors (Lipinski definition) is 0. The number of hydrogen-bond acceptors (Lipinski definition) is 3. The van der Waals surface area contributed by atoms with Gasteiger partial charge in [0.2, 0.25) is 0 Å². The first-order chi connectivity index (χ1) is 3.83. The summed E-state index contributed by atoms with van der Waals surface area (Å²) in [5, 5.41) is 0. The Morgan fingerprint density at radius 2 is 2.62 bits per heavy atom. The molecule has 0 aliphatic carbocycles. The summed E-state index contributed by atoms with van der Waals surface area (Å²) in [5.74, 6) is 0.311. The van der Waals surface area contributed by atoms with Crippen molar-refractivity contribution < 1.29 is 14.3 Å². The van der Waals surface area contributed by atoms with Crippen LogP contribution in [0.3, 0.4) is 0 Å². The third kappa shape index (κ3) is 1.04. The van der Waals surface area contributed by atoms with E-state index < -0.39 is 6.16 Å². The fraction of sp³-hybridized carbons (Fsp3) is 0.750. The van der Waals surface area contributed by atoms with Crippen molar-refractivity contribution in [3.05, 3.63) is 0 Å². The Bertz CT molecular complexity index is 103. The average molecular weight is 137 g/mol. The molecule has 1 rings (SSSR count). The van der Waals surface area contributed by atoms with Crippen LogP contribution in [-0.2, 0) is 9.47 Å². The van der Waals surface area contributed by atoms with Crippen molar-refractivity contribution in [3.8, 4) is 0 Å². The second-order valence-corrected chi connectivity index (χ2v) is 1.76. The van der Waals surface area contributed by atoms with Gasteiger partial charge in [0.1, 0.15) is 6.61 Å². The summed E-state index contributed by atoms with van der Waals surface area (Å²) < 4.78 is 8.93. The van der Waals surface area contributed by atoms with Crippen LogP contribution in [0.2, 0.25) is 0 Å². The van der Waals surface area contributed by atoms with Gasteiger partial charge in [0.05, 0.1) is 5.88 Å². The molecule has 0 bridgehead atoms. The predicted octanol–water partition coefficient (Wildman–Crippen LogP) is 0.761. The monoisotopic (exact) mass is 136 g/mol. The molecule has 3 nitrogen and oxygen atoms in total. The lowest BCUT2D eigenvalue weighted by molar-refractivity contribution is 0.122. The molecule has 0 aromatic carbocycles. The maximum atomic E-state index is 10.1. The third-order valence-electron chi connectivity index (χ3n) is 0.822. The van der Waals surface area contributed by atoms with Crippen LogP contribution >= 0.6 is 11.6 Å². The molecule has 0 radical (unpaired) electrons. The number of halogens is 1. The summed E-state index contributed by atoms with van der Waals surface area (Å²) in [5.41, 5.74) is 0. The Kier molecular flexibility index (Phi) is 1.58. The molecule has 1 heterocycles. The number of carbonyl (C=O) groups is 1. The molecule has 0 spiro atoms. The fourth-order valence-electron chi connectivity index (χ4n) is 0.441. The van der Waals surface area contributed by atoms with Gasteiger partial charge < -0.3 is 9.47 Å². The molecule has 1 aliphatic heterocycles. The zero-order chi connectivity index (χ0) is 5.98. The molecule has 0 unspecified atom stereocenters. The molecular formula is C4H5ClO3. The first-order valence-corrected chi connectivity index (χ1v) is 2.76. The minimum atomic E-state index is -0.615. The highest BCUT2D eigenvalue weighted by molar-refractivity contribution is 6.18. The van der Waals surface area contributed by atoms with E-state index in [2.05, 4.69) is 9.47 Å². The summed E-state index contributed by atoms with van der Waals surface area (Å²) in [6, 6.07) is 0. The molecule has 8 heavy (non-hydrogen) atoms. The first-order valence-electron chi connectivity index (χ1n) is 2.22. The van der Waals surface area contributed by atoms with E-state index in [1.807, 2.05) is 0 Å². The standard InChI is InChI=1S/C4H5ClO3/c5-1-3-2-7-4(6)8-3/h3H,1-2H2/t3-/m1/s1. The average Bonchev–Trinajstić information content (AvgIpc) is 2.14. The Balaban J connectivity index is 2.32. The van der Waals surface area contributed by atoms with E-state index >= 15 is 0 Å². The first kappa shape index (κ1) is 5.69. The number of cyclic esters (lactones) is 2. The maximum Gasteiger partial charge on any atom is 0.508 e. The number of ether oxygens (including phenoxy) is 2. The highest BCUT2D eigenvalue weighted by Crippen LogP contribution is 2.06. The van der Waals surface area contributed by atoms with Gasteiger partial charge >= 0.3 is 6.16 Å². The number of carbonyl (C=O) groups excluding carboxylic acids is 1. The molecule has 0 amide bonds. The van der Waals surface area contributed by atoms with Crippen LogP contribution in [0.5, 0.6) is 0 Å². The lowest BCUT2D eigenvalue weighted by atomic mass is 10.4. The topological polar surface area (TPSA) is 35.5 Å². The Hall–Kier alpha value is -0.440. The van der Waals surface area contributed by atoms with Crippen molar-refractivity contribution in [3.63, 3.8) is 0 Å². The van der Waals surface area contributed by atoms with E-state index in [0.717, 1.165) is 0 Å². The Morgan fingerprint density at radius 1 is 1.88 bits per heavy atom. The van der Waals surface area contributed by atoms with Gasteiger partial charge in [-0.15, -0.1) is 11.6 Å². The van der Waals surface area contributed by atoms with Gasteiger partial charge in [-0.05, 0) is 0 Å². The van der Waals surface area contributed by atoms with E-state index in [0.29, 0.717) is 12.5 Å². The number of rotatable bonds is 1. The van der Waals surface area contributed by atoms with Crippen molar-refractivity contribution in [2.24, 2.45) is 0 Å². The second-order valence-electron chi connectivity index (χ2n) is 1.46. The highest BCUT2D eigenvalue weighted by atomic mass is 35.5. The van der Waals surface area contributed by atoms with Crippen LogP contribution in [0, 0.1) is 0 Å². The SMILES string of the molecule is O=C1OC[C@@H](CCl)O1. The van der Waals surface area contributed by atoms with E-state index in [1.165, 1.54) is 0 Å². The van der Waals surface area contributed by atoms with Crippen LogP contribution in [-0.4, -0.2) is 24.7 Å². The molecule has 1 atom stereocenters. The summed E-state index contributed by atoms with van der Waals surface area (Å²) in [4.78, 5) is 10.1. The summed E-state index contributed by atoms with van der Waals surface area (Å²) in [6.07, 6.45) is -0.847. The van der Waals surface area contributed by atoms with E-state index in [-0.39, 0.29) is 6.10 Å². The van der Waals surface area contributed by atoms with E-state index in [1.54, 1.807) is 0 Å². The maximum absolute atomic E-state index is 10.1. The fourth-order valence-corrected chi connectivity index (χ4v) is 0.593. The number of alkyl halides is 1. The van der Waals surface area contributed by atoms with E-state index in [9.17, 15) is 4.79 Å². The molecule has 1 aliphatic rings.